The highest BCUT2D eigenvalue weighted by Crippen LogP contribution is 2.32. The number of amides is 2. The Bertz CT molecular complexity index is 1370. The van der Waals surface area contributed by atoms with Crippen LogP contribution in [0.5, 0.6) is 0 Å². The number of aromatic nitrogens is 5. The van der Waals surface area contributed by atoms with Crippen LogP contribution in [0.1, 0.15) is 56.4 Å². The zero-order chi connectivity index (χ0) is 29.1. The van der Waals surface area contributed by atoms with Gasteiger partial charge in [-0.15, -0.1) is 5.10 Å². The van der Waals surface area contributed by atoms with E-state index in [9.17, 15) is 35.9 Å². The van der Waals surface area contributed by atoms with Crippen LogP contribution in [0.3, 0.4) is 0 Å². The van der Waals surface area contributed by atoms with Gasteiger partial charge in [-0.05, 0) is 38.7 Å². The van der Waals surface area contributed by atoms with Gasteiger partial charge in [0.15, 0.2) is 0 Å². The maximum Gasteiger partial charge on any atom is 0.453 e. The second-order valence-corrected chi connectivity index (χ2v) is 9.39. The van der Waals surface area contributed by atoms with Gasteiger partial charge in [0.2, 0.25) is 5.82 Å². The SMILES string of the molecule is CSC[C@H](C)NC(=O)c1c(C)cccc1C(=O)Nc1cnc(Cn2nc(C(F)(F)F)nc2C(F)(F)F)nc1C. The number of halogens is 6. The van der Waals surface area contributed by atoms with E-state index in [1.807, 2.05) is 13.2 Å². The summed E-state index contributed by atoms with van der Waals surface area (Å²) < 4.78 is 78.3. The number of hydrogen-bond acceptors (Lipinski definition) is 7. The number of anilines is 1. The number of nitrogens with zero attached hydrogens (tertiary/aromatic N) is 5. The molecule has 1 aromatic carbocycles. The first kappa shape index (κ1) is 29.9. The van der Waals surface area contributed by atoms with Crippen LogP contribution in [-0.4, -0.2) is 54.6 Å². The molecule has 0 radical (unpaired) electrons. The molecule has 0 fully saturated rings. The van der Waals surface area contributed by atoms with E-state index in [1.54, 1.807) is 30.8 Å². The van der Waals surface area contributed by atoms with Crippen LogP contribution in [0.4, 0.5) is 32.0 Å². The number of thioether (sulfide) groups is 1. The summed E-state index contributed by atoms with van der Waals surface area (Å²) in [6.07, 6.45) is -7.40. The van der Waals surface area contributed by atoms with E-state index in [0.717, 1.165) is 6.20 Å². The van der Waals surface area contributed by atoms with Crippen molar-refractivity contribution in [2.45, 2.75) is 45.7 Å². The van der Waals surface area contributed by atoms with Crippen molar-refractivity contribution in [1.29, 1.82) is 0 Å². The fraction of sp³-hybridized carbons (Fsp3) is 0.391. The van der Waals surface area contributed by atoms with Crippen molar-refractivity contribution in [3.05, 3.63) is 64.3 Å². The molecule has 2 aromatic heterocycles. The van der Waals surface area contributed by atoms with Gasteiger partial charge in [0.1, 0.15) is 12.4 Å². The van der Waals surface area contributed by atoms with Crippen LogP contribution < -0.4 is 10.6 Å². The molecular weight excluding hydrogens is 552 g/mol. The zero-order valence-corrected chi connectivity index (χ0v) is 21.8. The lowest BCUT2D eigenvalue weighted by Crippen LogP contribution is -2.36. The molecular formula is C23H23F6N7O2S. The molecule has 3 rings (SSSR count). The molecule has 0 saturated carbocycles. The van der Waals surface area contributed by atoms with Crippen LogP contribution in [0, 0.1) is 13.8 Å². The Hall–Kier alpha value is -3.69. The number of aryl methyl sites for hydroxylation is 2. The highest BCUT2D eigenvalue weighted by Gasteiger charge is 2.44. The molecule has 0 bridgehead atoms. The van der Waals surface area contributed by atoms with Crippen molar-refractivity contribution in [2.24, 2.45) is 0 Å². The topological polar surface area (TPSA) is 115 Å². The zero-order valence-electron chi connectivity index (χ0n) is 21.0. The van der Waals surface area contributed by atoms with E-state index in [4.69, 9.17) is 0 Å². The van der Waals surface area contributed by atoms with Gasteiger partial charge in [-0.3, -0.25) is 9.59 Å². The number of nitrogens with one attached hydrogen (secondary N) is 2. The number of carbonyl (C=O) groups excluding carboxylic acids is 2. The second-order valence-electron chi connectivity index (χ2n) is 8.48. The van der Waals surface area contributed by atoms with Crippen molar-refractivity contribution in [1.82, 2.24) is 30.0 Å². The molecule has 0 aliphatic heterocycles. The molecule has 2 N–H and O–H groups in total. The summed E-state index contributed by atoms with van der Waals surface area (Å²) in [7, 11) is 0. The van der Waals surface area contributed by atoms with Crippen LogP contribution in [-0.2, 0) is 18.9 Å². The van der Waals surface area contributed by atoms with Crippen molar-refractivity contribution >= 4 is 29.3 Å². The summed E-state index contributed by atoms with van der Waals surface area (Å²) in [5.41, 5.74) is 1.00. The molecule has 0 aliphatic carbocycles. The molecule has 9 nitrogen and oxygen atoms in total. The molecule has 0 aliphatic rings. The number of benzene rings is 1. The number of rotatable bonds is 8. The molecule has 1 atom stereocenters. The minimum absolute atomic E-state index is 0.0194. The Morgan fingerprint density at radius 2 is 1.74 bits per heavy atom. The van der Waals surface area contributed by atoms with Crippen molar-refractivity contribution in [3.63, 3.8) is 0 Å². The van der Waals surface area contributed by atoms with Crippen LogP contribution in [0.2, 0.25) is 0 Å². The Morgan fingerprint density at radius 1 is 1.05 bits per heavy atom. The Kier molecular flexibility index (Phi) is 8.87. The van der Waals surface area contributed by atoms with Gasteiger partial charge in [0.25, 0.3) is 17.6 Å². The van der Waals surface area contributed by atoms with E-state index < -0.39 is 42.4 Å². The first-order valence-electron chi connectivity index (χ1n) is 11.2. The van der Waals surface area contributed by atoms with E-state index >= 15 is 0 Å². The van der Waals surface area contributed by atoms with Gasteiger partial charge >= 0.3 is 12.4 Å². The van der Waals surface area contributed by atoms with Gasteiger partial charge in [-0.25, -0.2) is 14.6 Å². The van der Waals surface area contributed by atoms with Crippen LogP contribution in [0.15, 0.2) is 24.4 Å². The molecule has 3 aromatic rings. The summed E-state index contributed by atoms with van der Waals surface area (Å²) in [4.78, 5) is 36.4. The molecule has 0 unspecified atom stereocenters. The third kappa shape index (κ3) is 7.25. The predicted molar refractivity (Wildman–Crippen MR) is 130 cm³/mol. The number of carbonyl (C=O) groups is 2. The smallest absolute Gasteiger partial charge is 0.349 e. The maximum atomic E-state index is 13.2. The summed E-state index contributed by atoms with van der Waals surface area (Å²) in [5.74, 6) is -4.53. The average Bonchev–Trinajstić information content (AvgIpc) is 3.25. The first-order chi connectivity index (χ1) is 18.1. The summed E-state index contributed by atoms with van der Waals surface area (Å²) >= 11 is 1.55. The van der Waals surface area contributed by atoms with Crippen molar-refractivity contribution < 1.29 is 35.9 Å². The minimum Gasteiger partial charge on any atom is -0.349 e. The third-order valence-corrected chi connectivity index (χ3v) is 6.12. The highest BCUT2D eigenvalue weighted by atomic mass is 32.2. The monoisotopic (exact) mass is 575 g/mol. The maximum absolute atomic E-state index is 13.2. The minimum atomic E-state index is -5.20. The summed E-state index contributed by atoms with van der Waals surface area (Å²) in [5, 5.41) is 8.32. The molecule has 39 heavy (non-hydrogen) atoms. The van der Waals surface area contributed by atoms with Gasteiger partial charge in [0.05, 0.1) is 28.7 Å². The van der Waals surface area contributed by atoms with Crippen molar-refractivity contribution in [3.8, 4) is 0 Å². The molecule has 0 saturated heterocycles. The largest absolute Gasteiger partial charge is 0.453 e. The third-order valence-electron chi connectivity index (χ3n) is 5.29. The summed E-state index contributed by atoms with van der Waals surface area (Å²) in [6.45, 7) is 4.07. The molecule has 210 valence electrons. The normalized spacial score (nSPS) is 12.8. The van der Waals surface area contributed by atoms with Crippen LogP contribution in [0.25, 0.3) is 0 Å². The van der Waals surface area contributed by atoms with Gasteiger partial charge < -0.3 is 10.6 Å². The summed E-state index contributed by atoms with van der Waals surface area (Å²) in [6, 6.07) is 4.59. The number of hydrogen-bond donors (Lipinski definition) is 2. The fourth-order valence-electron chi connectivity index (χ4n) is 3.57. The van der Waals surface area contributed by atoms with Crippen LogP contribution >= 0.6 is 11.8 Å². The van der Waals surface area contributed by atoms with E-state index in [2.05, 4.69) is 30.7 Å². The average molecular weight is 576 g/mol. The lowest BCUT2D eigenvalue weighted by atomic mass is 10.00. The van der Waals surface area contributed by atoms with E-state index in [-0.39, 0.29) is 39.1 Å². The van der Waals surface area contributed by atoms with E-state index in [0.29, 0.717) is 11.3 Å². The Balaban J connectivity index is 1.84. The Morgan fingerprint density at radius 3 is 2.33 bits per heavy atom. The number of alkyl halides is 6. The van der Waals surface area contributed by atoms with Crippen molar-refractivity contribution in [2.75, 3.05) is 17.3 Å². The Labute approximate surface area is 222 Å². The predicted octanol–water partition coefficient (Wildman–Crippen LogP) is 4.50. The van der Waals surface area contributed by atoms with E-state index in [1.165, 1.54) is 13.0 Å². The molecule has 2 amide bonds. The molecule has 2 heterocycles. The lowest BCUT2D eigenvalue weighted by molar-refractivity contribution is -0.150. The lowest BCUT2D eigenvalue weighted by Gasteiger charge is -2.17. The standard InChI is InChI=1S/C23H23F6N7O2S/c1-11-6-5-7-14(17(11)19(38)31-12(2)10-39-4)18(37)33-15-8-30-16(32-13(15)3)9-36-21(23(27,28)29)34-20(35-36)22(24,25)26/h5-8,12H,9-10H2,1-4H3,(H,31,38)(H,33,37)/t12-/m0/s1. The second kappa shape index (κ2) is 11.6. The highest BCUT2D eigenvalue weighted by molar-refractivity contribution is 7.98. The van der Waals surface area contributed by atoms with Gasteiger partial charge in [-0.2, -0.15) is 43.1 Å². The molecule has 0 spiro atoms. The quantitative estimate of drug-likeness (QED) is 0.380. The van der Waals surface area contributed by atoms with Gasteiger partial charge in [-0.1, -0.05) is 12.1 Å². The fourth-order valence-corrected chi connectivity index (χ4v) is 4.15. The van der Waals surface area contributed by atoms with Gasteiger partial charge in [0, 0.05) is 11.8 Å². The first-order valence-corrected chi connectivity index (χ1v) is 12.6. The molecule has 16 heteroatoms.